The van der Waals surface area contributed by atoms with E-state index in [4.69, 9.17) is 0 Å². The molecule has 0 unspecified atom stereocenters. The zero-order valence-corrected chi connectivity index (χ0v) is 15.2. The van der Waals surface area contributed by atoms with Crippen LogP contribution >= 0.6 is 22.7 Å². The number of benzene rings is 1. The van der Waals surface area contributed by atoms with Crippen molar-refractivity contribution in [1.82, 2.24) is 15.0 Å². The van der Waals surface area contributed by atoms with Gasteiger partial charge in [-0.15, -0.1) is 11.3 Å². The molecule has 4 aromatic rings. The van der Waals surface area contributed by atoms with Gasteiger partial charge in [0.1, 0.15) is 21.0 Å². The zero-order valence-electron chi connectivity index (χ0n) is 13.6. The van der Waals surface area contributed by atoms with Crippen molar-refractivity contribution in [2.75, 3.05) is 5.32 Å². The number of thiazole rings is 2. The lowest BCUT2D eigenvalue weighted by Crippen LogP contribution is -2.13. The number of aromatic nitrogens is 3. The molecular formula is C18H14N4OS2. The van der Waals surface area contributed by atoms with Crippen LogP contribution in [0.4, 0.5) is 5.69 Å². The van der Waals surface area contributed by atoms with Crippen molar-refractivity contribution in [2.24, 2.45) is 0 Å². The van der Waals surface area contributed by atoms with Crippen molar-refractivity contribution in [2.45, 2.75) is 13.8 Å². The SMILES string of the molecule is Cc1nc(C(=O)Nc2ccc(-c3nc4cccnc4s3)cc2C)cs1. The highest BCUT2D eigenvalue weighted by atomic mass is 32.1. The summed E-state index contributed by atoms with van der Waals surface area (Å²) >= 11 is 3.02. The van der Waals surface area contributed by atoms with Crippen LogP contribution in [0.5, 0.6) is 0 Å². The number of pyridine rings is 1. The third-order valence-corrected chi connectivity index (χ3v) is 5.54. The average Bonchev–Trinajstić information content (AvgIpc) is 3.22. The van der Waals surface area contributed by atoms with Gasteiger partial charge in [0.05, 0.1) is 5.01 Å². The van der Waals surface area contributed by atoms with Crippen LogP contribution in [0, 0.1) is 13.8 Å². The molecule has 0 radical (unpaired) electrons. The van der Waals surface area contributed by atoms with Crippen LogP contribution in [-0.2, 0) is 0 Å². The Morgan fingerprint density at radius 2 is 2.04 bits per heavy atom. The number of anilines is 1. The number of nitrogens with zero attached hydrogens (tertiary/aromatic N) is 3. The Balaban J connectivity index is 1.61. The van der Waals surface area contributed by atoms with Crippen molar-refractivity contribution >= 4 is 44.6 Å². The summed E-state index contributed by atoms with van der Waals surface area (Å²) in [6.07, 6.45) is 1.77. The molecule has 1 aromatic carbocycles. The van der Waals surface area contributed by atoms with Crippen LogP contribution in [0.25, 0.3) is 20.9 Å². The molecule has 1 amide bonds. The van der Waals surface area contributed by atoms with Crippen LogP contribution in [0.1, 0.15) is 21.1 Å². The Bertz CT molecular complexity index is 1050. The molecule has 5 nitrogen and oxygen atoms in total. The summed E-state index contributed by atoms with van der Waals surface area (Å²) in [5.41, 5.74) is 4.12. The first-order valence-corrected chi connectivity index (χ1v) is 9.36. The summed E-state index contributed by atoms with van der Waals surface area (Å²) in [6, 6.07) is 9.74. The van der Waals surface area contributed by atoms with Gasteiger partial charge < -0.3 is 5.32 Å². The number of aryl methyl sites for hydroxylation is 2. The average molecular weight is 366 g/mol. The summed E-state index contributed by atoms with van der Waals surface area (Å²) in [5.74, 6) is -0.190. The minimum Gasteiger partial charge on any atom is -0.320 e. The molecule has 0 aliphatic carbocycles. The summed E-state index contributed by atoms with van der Waals surface area (Å²) in [7, 11) is 0. The highest BCUT2D eigenvalue weighted by Crippen LogP contribution is 2.31. The van der Waals surface area contributed by atoms with Gasteiger partial charge in [-0.3, -0.25) is 4.79 Å². The molecule has 0 aliphatic heterocycles. The Morgan fingerprint density at radius 1 is 1.16 bits per heavy atom. The predicted molar refractivity (Wildman–Crippen MR) is 102 cm³/mol. The lowest BCUT2D eigenvalue weighted by molar-refractivity contribution is 0.102. The van der Waals surface area contributed by atoms with Crippen molar-refractivity contribution < 1.29 is 4.79 Å². The van der Waals surface area contributed by atoms with Gasteiger partial charge in [0.25, 0.3) is 5.91 Å². The normalized spacial score (nSPS) is 11.0. The molecule has 0 spiro atoms. The molecule has 3 aromatic heterocycles. The van der Waals surface area contributed by atoms with E-state index in [1.807, 2.05) is 44.2 Å². The number of carbonyl (C=O) groups excluding carboxylic acids is 1. The van der Waals surface area contributed by atoms with Gasteiger partial charge >= 0.3 is 0 Å². The number of hydrogen-bond donors (Lipinski definition) is 1. The van der Waals surface area contributed by atoms with E-state index in [1.165, 1.54) is 11.3 Å². The molecule has 1 N–H and O–H groups in total. The number of carbonyl (C=O) groups is 1. The topological polar surface area (TPSA) is 67.8 Å². The van der Waals surface area contributed by atoms with E-state index in [9.17, 15) is 4.79 Å². The fraction of sp³-hybridized carbons (Fsp3) is 0.111. The summed E-state index contributed by atoms with van der Waals surface area (Å²) < 4.78 is 0. The third-order valence-electron chi connectivity index (χ3n) is 3.74. The van der Waals surface area contributed by atoms with Crippen molar-refractivity contribution in [3.05, 3.63) is 58.2 Å². The second kappa shape index (κ2) is 6.34. The molecule has 0 fully saturated rings. The van der Waals surface area contributed by atoms with E-state index in [1.54, 1.807) is 22.9 Å². The molecule has 0 saturated carbocycles. The largest absolute Gasteiger partial charge is 0.320 e. The molecule has 0 atom stereocenters. The van der Waals surface area contributed by atoms with E-state index < -0.39 is 0 Å². The maximum absolute atomic E-state index is 12.3. The quantitative estimate of drug-likeness (QED) is 0.571. The molecule has 0 aliphatic rings. The Morgan fingerprint density at radius 3 is 2.76 bits per heavy atom. The lowest BCUT2D eigenvalue weighted by atomic mass is 10.1. The highest BCUT2D eigenvalue weighted by Gasteiger charge is 2.12. The molecule has 4 rings (SSSR count). The van der Waals surface area contributed by atoms with E-state index in [0.29, 0.717) is 5.69 Å². The minimum atomic E-state index is -0.190. The fourth-order valence-corrected chi connectivity index (χ4v) is 3.98. The van der Waals surface area contributed by atoms with Crippen molar-refractivity contribution in [3.63, 3.8) is 0 Å². The monoisotopic (exact) mass is 366 g/mol. The maximum atomic E-state index is 12.3. The molecule has 7 heteroatoms. The van der Waals surface area contributed by atoms with Gasteiger partial charge in [0.15, 0.2) is 0 Å². The van der Waals surface area contributed by atoms with E-state index in [0.717, 1.165) is 37.2 Å². The molecular weight excluding hydrogens is 352 g/mol. The van der Waals surface area contributed by atoms with E-state index in [2.05, 4.69) is 20.3 Å². The number of nitrogens with one attached hydrogen (secondary N) is 1. The van der Waals surface area contributed by atoms with Crippen LogP contribution in [0.3, 0.4) is 0 Å². The molecule has 25 heavy (non-hydrogen) atoms. The zero-order chi connectivity index (χ0) is 17.4. The number of amides is 1. The highest BCUT2D eigenvalue weighted by molar-refractivity contribution is 7.21. The molecule has 124 valence electrons. The van der Waals surface area contributed by atoms with Crippen molar-refractivity contribution in [3.8, 4) is 10.6 Å². The molecule has 3 heterocycles. The van der Waals surface area contributed by atoms with Gasteiger partial charge in [-0.25, -0.2) is 15.0 Å². The summed E-state index contributed by atoms with van der Waals surface area (Å²) in [5, 5.41) is 6.48. The van der Waals surface area contributed by atoms with Gasteiger partial charge in [-0.2, -0.15) is 0 Å². The molecule has 0 saturated heterocycles. The van der Waals surface area contributed by atoms with Gasteiger partial charge in [-0.1, -0.05) is 11.3 Å². The van der Waals surface area contributed by atoms with Gasteiger partial charge in [-0.05, 0) is 49.7 Å². The van der Waals surface area contributed by atoms with E-state index >= 15 is 0 Å². The van der Waals surface area contributed by atoms with Crippen LogP contribution in [-0.4, -0.2) is 20.9 Å². The van der Waals surface area contributed by atoms with Crippen LogP contribution in [0.15, 0.2) is 41.9 Å². The predicted octanol–water partition coefficient (Wildman–Crippen LogP) is 4.68. The number of rotatable bonds is 3. The Labute approximate surface area is 152 Å². The van der Waals surface area contributed by atoms with Crippen LogP contribution < -0.4 is 5.32 Å². The minimum absolute atomic E-state index is 0.190. The Hall–Kier alpha value is -2.64. The second-order valence-corrected chi connectivity index (χ2v) is 7.62. The summed E-state index contributed by atoms with van der Waals surface area (Å²) in [6.45, 7) is 3.85. The Kier molecular flexibility index (Phi) is 4.03. The maximum Gasteiger partial charge on any atom is 0.275 e. The summed E-state index contributed by atoms with van der Waals surface area (Å²) in [4.78, 5) is 26.4. The number of hydrogen-bond acceptors (Lipinski definition) is 6. The van der Waals surface area contributed by atoms with Gasteiger partial charge in [0.2, 0.25) is 0 Å². The third kappa shape index (κ3) is 3.16. The lowest BCUT2D eigenvalue weighted by Gasteiger charge is -2.08. The van der Waals surface area contributed by atoms with Gasteiger partial charge in [0, 0.05) is 22.8 Å². The number of fused-ring (bicyclic) bond motifs is 1. The van der Waals surface area contributed by atoms with Crippen molar-refractivity contribution in [1.29, 1.82) is 0 Å². The van der Waals surface area contributed by atoms with E-state index in [-0.39, 0.29) is 5.91 Å². The second-order valence-electron chi connectivity index (χ2n) is 5.58. The molecule has 0 bridgehead atoms. The first kappa shape index (κ1) is 15.9. The standard InChI is InChI=1S/C18H14N4OS2/c1-10-8-12(17-22-14-4-3-7-19-18(14)25-17)5-6-13(10)21-16(23)15-9-24-11(2)20-15/h3-9H,1-2H3,(H,21,23). The fourth-order valence-electron chi connectivity index (χ4n) is 2.48. The first-order chi connectivity index (χ1) is 12.1. The first-order valence-electron chi connectivity index (χ1n) is 7.66. The van der Waals surface area contributed by atoms with Crippen LogP contribution in [0.2, 0.25) is 0 Å². The smallest absolute Gasteiger partial charge is 0.275 e.